The van der Waals surface area contributed by atoms with Crippen molar-refractivity contribution in [3.8, 4) is 11.5 Å². The molecule has 0 amide bonds. The van der Waals surface area contributed by atoms with Crippen LogP contribution in [0, 0.1) is 0 Å². The number of fused-ring (bicyclic) bond motifs is 1. The monoisotopic (exact) mass is 327 g/mol. The van der Waals surface area contributed by atoms with E-state index >= 15 is 0 Å². The van der Waals surface area contributed by atoms with Gasteiger partial charge in [-0.25, -0.2) is 9.97 Å². The summed E-state index contributed by atoms with van der Waals surface area (Å²) in [6.07, 6.45) is -2.74. The van der Waals surface area contributed by atoms with E-state index in [1.54, 1.807) is 6.07 Å². The van der Waals surface area contributed by atoms with Crippen LogP contribution >= 0.6 is 0 Å². The third-order valence-electron chi connectivity index (χ3n) is 3.84. The predicted octanol–water partition coefficient (Wildman–Crippen LogP) is 3.27. The molecule has 0 spiro atoms. The summed E-state index contributed by atoms with van der Waals surface area (Å²) >= 11 is 0. The standard InChI is InChI=1S/C15H16F3N3O2/c1-22-11-7-9-10(8-12(11)23-2)19-14(15(16,17)18)20-13(9)21-5-3-4-6-21/h7-8H,3-6H2,1-2H3. The lowest BCUT2D eigenvalue weighted by Gasteiger charge is -2.20. The van der Waals surface area contributed by atoms with E-state index in [4.69, 9.17) is 9.47 Å². The Balaban J connectivity index is 2.27. The van der Waals surface area contributed by atoms with Gasteiger partial charge < -0.3 is 14.4 Å². The summed E-state index contributed by atoms with van der Waals surface area (Å²) in [5, 5.41) is 0.526. The molecule has 0 unspecified atom stereocenters. The van der Waals surface area contributed by atoms with Crippen molar-refractivity contribution in [2.45, 2.75) is 19.0 Å². The lowest BCUT2D eigenvalue weighted by Crippen LogP contribution is -2.22. The van der Waals surface area contributed by atoms with Crippen LogP contribution < -0.4 is 14.4 Å². The highest BCUT2D eigenvalue weighted by Gasteiger charge is 2.36. The molecule has 0 atom stereocenters. The molecule has 2 heterocycles. The summed E-state index contributed by atoms with van der Waals surface area (Å²) in [6.45, 7) is 1.36. The molecule has 0 bridgehead atoms. The van der Waals surface area contributed by atoms with Gasteiger partial charge in [-0.1, -0.05) is 0 Å². The average Bonchev–Trinajstić information content (AvgIpc) is 3.05. The molecule has 124 valence electrons. The number of nitrogens with zero attached hydrogens (tertiary/aromatic N) is 3. The Bertz CT molecular complexity index is 728. The quantitative estimate of drug-likeness (QED) is 0.866. The van der Waals surface area contributed by atoms with Gasteiger partial charge >= 0.3 is 6.18 Å². The molecule has 0 aliphatic carbocycles. The number of methoxy groups -OCH3 is 2. The van der Waals surface area contributed by atoms with Crippen molar-refractivity contribution in [1.29, 1.82) is 0 Å². The van der Waals surface area contributed by atoms with Crippen LogP contribution in [0.25, 0.3) is 10.9 Å². The summed E-state index contributed by atoms with van der Waals surface area (Å²) in [6, 6.07) is 3.08. The van der Waals surface area contributed by atoms with E-state index in [0.717, 1.165) is 12.8 Å². The van der Waals surface area contributed by atoms with Gasteiger partial charge in [0.15, 0.2) is 11.5 Å². The van der Waals surface area contributed by atoms with Crippen LogP contribution in [0.3, 0.4) is 0 Å². The molecule has 1 saturated heterocycles. The summed E-state index contributed by atoms with van der Waals surface area (Å²) in [5.41, 5.74) is 0.187. The maximum Gasteiger partial charge on any atom is 0.451 e. The smallest absolute Gasteiger partial charge is 0.451 e. The Kier molecular flexibility index (Phi) is 3.91. The van der Waals surface area contributed by atoms with E-state index in [1.165, 1.54) is 20.3 Å². The van der Waals surface area contributed by atoms with E-state index in [2.05, 4.69) is 9.97 Å². The van der Waals surface area contributed by atoms with Crippen LogP contribution in [0.2, 0.25) is 0 Å². The Hall–Kier alpha value is -2.25. The van der Waals surface area contributed by atoms with Crippen molar-refractivity contribution in [3.63, 3.8) is 0 Å². The second-order valence-electron chi connectivity index (χ2n) is 5.29. The first-order valence-corrected chi connectivity index (χ1v) is 7.20. The second kappa shape index (κ2) is 5.75. The van der Waals surface area contributed by atoms with Gasteiger partial charge in [-0.3, -0.25) is 0 Å². The highest BCUT2D eigenvalue weighted by Crippen LogP contribution is 2.38. The topological polar surface area (TPSA) is 47.5 Å². The van der Waals surface area contributed by atoms with Gasteiger partial charge in [0.25, 0.3) is 0 Å². The number of anilines is 1. The van der Waals surface area contributed by atoms with E-state index in [0.29, 0.717) is 35.8 Å². The lowest BCUT2D eigenvalue weighted by molar-refractivity contribution is -0.144. The van der Waals surface area contributed by atoms with Crippen molar-refractivity contribution in [1.82, 2.24) is 9.97 Å². The highest BCUT2D eigenvalue weighted by molar-refractivity contribution is 5.92. The van der Waals surface area contributed by atoms with Crippen molar-refractivity contribution in [2.24, 2.45) is 0 Å². The minimum atomic E-state index is -4.60. The summed E-state index contributed by atoms with van der Waals surface area (Å²) in [5.74, 6) is -0.0806. The van der Waals surface area contributed by atoms with Crippen molar-refractivity contribution in [3.05, 3.63) is 18.0 Å². The minimum absolute atomic E-state index is 0.187. The molecule has 1 aliphatic rings. The first kappa shape index (κ1) is 15.6. The molecule has 23 heavy (non-hydrogen) atoms. The maximum absolute atomic E-state index is 13.1. The molecule has 8 heteroatoms. The normalized spacial score (nSPS) is 15.3. The molecule has 1 aromatic heterocycles. The number of aromatic nitrogens is 2. The molecule has 0 saturated carbocycles. The number of halogens is 3. The Morgan fingerprint density at radius 2 is 1.61 bits per heavy atom. The predicted molar refractivity (Wildman–Crippen MR) is 79.1 cm³/mol. The molecule has 0 N–H and O–H groups in total. The van der Waals surface area contributed by atoms with Crippen LogP contribution in [0.5, 0.6) is 11.5 Å². The van der Waals surface area contributed by atoms with Gasteiger partial charge in [-0.05, 0) is 18.9 Å². The number of rotatable bonds is 3. The third-order valence-corrected chi connectivity index (χ3v) is 3.84. The van der Waals surface area contributed by atoms with Gasteiger partial charge in [-0.15, -0.1) is 0 Å². The van der Waals surface area contributed by atoms with Crippen molar-refractivity contribution >= 4 is 16.7 Å². The zero-order valence-electron chi connectivity index (χ0n) is 12.8. The number of hydrogen-bond acceptors (Lipinski definition) is 5. The van der Waals surface area contributed by atoms with Crippen molar-refractivity contribution < 1.29 is 22.6 Å². The first-order chi connectivity index (χ1) is 10.9. The van der Waals surface area contributed by atoms with Crippen molar-refractivity contribution in [2.75, 3.05) is 32.2 Å². The zero-order chi connectivity index (χ0) is 16.6. The van der Waals surface area contributed by atoms with Crippen LogP contribution in [0.15, 0.2) is 12.1 Å². The largest absolute Gasteiger partial charge is 0.493 e. The van der Waals surface area contributed by atoms with Crippen LogP contribution in [-0.4, -0.2) is 37.3 Å². The molecule has 2 aromatic rings. The molecule has 5 nitrogen and oxygen atoms in total. The molecule has 3 rings (SSSR count). The fraction of sp³-hybridized carbons (Fsp3) is 0.467. The molecule has 0 radical (unpaired) electrons. The number of hydrogen-bond donors (Lipinski definition) is 0. The van der Waals surface area contributed by atoms with E-state index in [-0.39, 0.29) is 5.52 Å². The Labute approximate surface area is 131 Å². The Morgan fingerprint density at radius 1 is 1.00 bits per heavy atom. The van der Waals surface area contributed by atoms with Gasteiger partial charge in [0, 0.05) is 24.5 Å². The Morgan fingerprint density at radius 3 is 2.17 bits per heavy atom. The molecule has 1 aliphatic heterocycles. The molecule has 1 aromatic carbocycles. The van der Waals surface area contributed by atoms with Crippen LogP contribution in [-0.2, 0) is 6.18 Å². The lowest BCUT2D eigenvalue weighted by atomic mass is 10.2. The average molecular weight is 327 g/mol. The van der Waals surface area contributed by atoms with Gasteiger partial charge in [0.1, 0.15) is 5.82 Å². The first-order valence-electron chi connectivity index (χ1n) is 7.20. The molecular formula is C15H16F3N3O2. The van der Waals surface area contributed by atoms with E-state index < -0.39 is 12.0 Å². The molecule has 1 fully saturated rings. The summed E-state index contributed by atoms with van der Waals surface area (Å²) < 4.78 is 49.7. The maximum atomic E-state index is 13.1. The van der Waals surface area contributed by atoms with Gasteiger partial charge in [0.05, 0.1) is 19.7 Å². The SMILES string of the molecule is COc1cc2nc(C(F)(F)F)nc(N3CCCC3)c2cc1OC. The number of alkyl halides is 3. The fourth-order valence-corrected chi connectivity index (χ4v) is 2.74. The van der Waals surface area contributed by atoms with Crippen LogP contribution in [0.4, 0.5) is 19.0 Å². The van der Waals surface area contributed by atoms with E-state index in [9.17, 15) is 13.2 Å². The third kappa shape index (κ3) is 2.85. The second-order valence-corrected chi connectivity index (χ2v) is 5.29. The molecular weight excluding hydrogens is 311 g/mol. The fourth-order valence-electron chi connectivity index (χ4n) is 2.74. The van der Waals surface area contributed by atoms with Gasteiger partial charge in [-0.2, -0.15) is 13.2 Å². The number of benzene rings is 1. The summed E-state index contributed by atoms with van der Waals surface area (Å²) in [4.78, 5) is 9.30. The minimum Gasteiger partial charge on any atom is -0.493 e. The summed E-state index contributed by atoms with van der Waals surface area (Å²) in [7, 11) is 2.90. The van der Waals surface area contributed by atoms with E-state index in [1.807, 2.05) is 4.90 Å². The number of ether oxygens (including phenoxy) is 2. The zero-order valence-corrected chi connectivity index (χ0v) is 12.8. The highest BCUT2D eigenvalue weighted by atomic mass is 19.4. The van der Waals surface area contributed by atoms with Crippen LogP contribution in [0.1, 0.15) is 18.7 Å². The van der Waals surface area contributed by atoms with Gasteiger partial charge in [0.2, 0.25) is 5.82 Å².